The predicted molar refractivity (Wildman–Crippen MR) is 88.1 cm³/mol. The summed E-state index contributed by atoms with van der Waals surface area (Å²) in [5, 5.41) is 5.36. The fraction of sp³-hybridized carbons (Fsp3) is 0.133. The van der Waals surface area contributed by atoms with Crippen molar-refractivity contribution in [2.45, 2.75) is 4.90 Å². The lowest BCUT2D eigenvalue weighted by Crippen LogP contribution is -2.23. The summed E-state index contributed by atoms with van der Waals surface area (Å²) in [6.45, 7) is -0.226. The Hall–Kier alpha value is -2.12. The number of hydrogen-bond donors (Lipinski definition) is 2. The van der Waals surface area contributed by atoms with Crippen molar-refractivity contribution in [3.63, 3.8) is 0 Å². The molecule has 2 aromatic carbocycles. The Balaban J connectivity index is 2.06. The molecular weight excluding hydrogens is 343 g/mol. The van der Waals surface area contributed by atoms with Crippen molar-refractivity contribution < 1.29 is 17.6 Å². The van der Waals surface area contributed by atoms with Gasteiger partial charge in [-0.2, -0.15) is 0 Å². The Morgan fingerprint density at radius 3 is 2.52 bits per heavy atom. The van der Waals surface area contributed by atoms with E-state index in [4.69, 9.17) is 11.6 Å². The van der Waals surface area contributed by atoms with Gasteiger partial charge < -0.3 is 10.6 Å². The molecule has 5 nitrogen and oxygen atoms in total. The van der Waals surface area contributed by atoms with Crippen LogP contribution in [0.2, 0.25) is 5.02 Å². The van der Waals surface area contributed by atoms with Crippen molar-refractivity contribution in [2.24, 2.45) is 0 Å². The van der Waals surface area contributed by atoms with E-state index in [1.54, 1.807) is 12.1 Å². The lowest BCUT2D eigenvalue weighted by Gasteiger charge is -2.11. The highest BCUT2D eigenvalue weighted by Crippen LogP contribution is 2.21. The second-order valence-corrected chi connectivity index (χ2v) is 7.21. The minimum Gasteiger partial charge on any atom is -0.374 e. The van der Waals surface area contributed by atoms with Crippen LogP contribution in [0.3, 0.4) is 0 Å². The number of anilines is 2. The smallest absolute Gasteiger partial charge is 0.243 e. The van der Waals surface area contributed by atoms with Gasteiger partial charge in [-0.05, 0) is 30.3 Å². The molecule has 0 unspecified atom stereocenters. The molecule has 0 aliphatic carbocycles. The minimum atomic E-state index is -3.47. The van der Waals surface area contributed by atoms with E-state index in [0.717, 1.165) is 12.3 Å². The number of amides is 1. The highest BCUT2D eigenvalue weighted by molar-refractivity contribution is 7.90. The van der Waals surface area contributed by atoms with E-state index in [9.17, 15) is 17.6 Å². The number of halogens is 2. The molecule has 2 aromatic rings. The van der Waals surface area contributed by atoms with Crippen LogP contribution in [-0.4, -0.2) is 27.1 Å². The summed E-state index contributed by atoms with van der Waals surface area (Å²) in [5.74, 6) is -1.09. The average Bonchev–Trinajstić information content (AvgIpc) is 2.46. The normalized spacial score (nSPS) is 11.1. The van der Waals surface area contributed by atoms with Gasteiger partial charge in [0, 0.05) is 11.3 Å². The van der Waals surface area contributed by atoms with E-state index < -0.39 is 21.6 Å². The molecule has 0 bridgehead atoms. The van der Waals surface area contributed by atoms with Crippen LogP contribution in [0.25, 0.3) is 0 Å². The summed E-state index contributed by atoms with van der Waals surface area (Å²) in [4.78, 5) is 11.9. The van der Waals surface area contributed by atoms with Crippen molar-refractivity contribution in [3.05, 3.63) is 53.3 Å². The topological polar surface area (TPSA) is 75.3 Å². The maximum Gasteiger partial charge on any atom is 0.243 e. The van der Waals surface area contributed by atoms with Gasteiger partial charge in [0.2, 0.25) is 5.91 Å². The summed E-state index contributed by atoms with van der Waals surface area (Å²) < 4.78 is 36.9. The van der Waals surface area contributed by atoms with Crippen LogP contribution in [-0.2, 0) is 14.6 Å². The second-order valence-electron chi connectivity index (χ2n) is 4.79. The highest BCUT2D eigenvalue weighted by Gasteiger charge is 2.14. The zero-order chi connectivity index (χ0) is 17.0. The van der Waals surface area contributed by atoms with E-state index in [-0.39, 0.29) is 27.8 Å². The molecule has 8 heteroatoms. The number of rotatable bonds is 5. The van der Waals surface area contributed by atoms with Crippen LogP contribution >= 0.6 is 11.6 Å². The van der Waals surface area contributed by atoms with Gasteiger partial charge in [0.15, 0.2) is 9.84 Å². The fourth-order valence-electron chi connectivity index (χ4n) is 1.90. The summed E-state index contributed by atoms with van der Waals surface area (Å²) in [6, 6.07) is 10.1. The Morgan fingerprint density at radius 2 is 1.87 bits per heavy atom. The Labute approximate surface area is 138 Å². The average molecular weight is 357 g/mol. The number of sulfone groups is 1. The maximum absolute atomic E-state index is 13.6. The second kappa shape index (κ2) is 6.97. The molecule has 0 radical (unpaired) electrons. The van der Waals surface area contributed by atoms with Gasteiger partial charge in [0.1, 0.15) is 5.82 Å². The standard InChI is InChI=1S/C15H14ClFN2O3S/c1-23(21,22)14-5-3-2-4-13(14)19-15(20)9-18-12-7-6-10(16)8-11(12)17/h2-8,18H,9H2,1H3,(H,19,20). The van der Waals surface area contributed by atoms with Crippen LogP contribution in [0.15, 0.2) is 47.4 Å². The van der Waals surface area contributed by atoms with Crippen molar-refractivity contribution in [2.75, 3.05) is 23.4 Å². The Kier molecular flexibility index (Phi) is 5.23. The van der Waals surface area contributed by atoms with Gasteiger partial charge in [-0.3, -0.25) is 4.79 Å². The lowest BCUT2D eigenvalue weighted by molar-refractivity contribution is -0.114. The van der Waals surface area contributed by atoms with Gasteiger partial charge >= 0.3 is 0 Å². The molecule has 0 saturated carbocycles. The molecule has 0 aromatic heterocycles. The van der Waals surface area contributed by atoms with E-state index in [1.807, 2.05) is 0 Å². The third-order valence-electron chi connectivity index (χ3n) is 2.93. The zero-order valence-electron chi connectivity index (χ0n) is 12.1. The molecule has 122 valence electrons. The van der Waals surface area contributed by atoms with E-state index >= 15 is 0 Å². The molecule has 0 saturated heterocycles. The molecule has 1 amide bonds. The van der Waals surface area contributed by atoms with E-state index in [2.05, 4.69) is 10.6 Å². The van der Waals surface area contributed by atoms with Crippen LogP contribution in [0, 0.1) is 5.82 Å². The van der Waals surface area contributed by atoms with E-state index in [1.165, 1.54) is 24.3 Å². The monoisotopic (exact) mass is 356 g/mol. The van der Waals surface area contributed by atoms with Crippen molar-refractivity contribution in [1.29, 1.82) is 0 Å². The number of hydrogen-bond acceptors (Lipinski definition) is 4. The molecule has 23 heavy (non-hydrogen) atoms. The molecule has 2 rings (SSSR count). The van der Waals surface area contributed by atoms with Crippen LogP contribution in [0.1, 0.15) is 0 Å². The third kappa shape index (κ3) is 4.67. The maximum atomic E-state index is 13.6. The van der Waals surface area contributed by atoms with Crippen molar-refractivity contribution >= 4 is 38.7 Å². The number of nitrogens with one attached hydrogen (secondary N) is 2. The molecular formula is C15H14ClFN2O3S. The molecule has 0 atom stereocenters. The first-order chi connectivity index (χ1) is 10.8. The summed E-state index contributed by atoms with van der Waals surface area (Å²) >= 11 is 5.64. The Morgan fingerprint density at radius 1 is 1.17 bits per heavy atom. The minimum absolute atomic E-state index is 0.0195. The van der Waals surface area contributed by atoms with Crippen LogP contribution in [0.5, 0.6) is 0 Å². The first kappa shape index (κ1) is 17.2. The first-order valence-electron chi connectivity index (χ1n) is 6.55. The van der Waals surface area contributed by atoms with Gasteiger partial charge in [-0.25, -0.2) is 12.8 Å². The van der Waals surface area contributed by atoms with E-state index in [0.29, 0.717) is 0 Å². The van der Waals surface area contributed by atoms with Gasteiger partial charge in [-0.15, -0.1) is 0 Å². The van der Waals surface area contributed by atoms with Crippen LogP contribution < -0.4 is 10.6 Å². The number of benzene rings is 2. The SMILES string of the molecule is CS(=O)(=O)c1ccccc1NC(=O)CNc1ccc(Cl)cc1F. The number of carbonyl (C=O) groups is 1. The zero-order valence-corrected chi connectivity index (χ0v) is 13.7. The Bertz CT molecular complexity index is 840. The molecule has 2 N–H and O–H groups in total. The summed E-state index contributed by atoms with van der Waals surface area (Å²) in [7, 11) is -3.47. The lowest BCUT2D eigenvalue weighted by atomic mass is 10.3. The van der Waals surface area contributed by atoms with Crippen molar-refractivity contribution in [3.8, 4) is 0 Å². The quantitative estimate of drug-likeness (QED) is 0.863. The van der Waals surface area contributed by atoms with Crippen LogP contribution in [0.4, 0.5) is 15.8 Å². The number of para-hydroxylation sites is 1. The highest BCUT2D eigenvalue weighted by atomic mass is 35.5. The van der Waals surface area contributed by atoms with Gasteiger partial charge in [0.25, 0.3) is 0 Å². The predicted octanol–water partition coefficient (Wildman–Crippen LogP) is 2.93. The molecule has 0 heterocycles. The van der Waals surface area contributed by atoms with Gasteiger partial charge in [0.05, 0.1) is 22.8 Å². The molecule has 0 fully saturated rings. The van der Waals surface area contributed by atoms with Gasteiger partial charge in [-0.1, -0.05) is 23.7 Å². The first-order valence-corrected chi connectivity index (χ1v) is 8.82. The molecule has 0 spiro atoms. The fourth-order valence-corrected chi connectivity index (χ4v) is 2.90. The molecule has 0 aliphatic heterocycles. The summed E-state index contributed by atoms with van der Waals surface area (Å²) in [5.41, 5.74) is 0.305. The third-order valence-corrected chi connectivity index (χ3v) is 4.32. The number of carbonyl (C=O) groups excluding carboxylic acids is 1. The van der Waals surface area contributed by atoms with Crippen molar-refractivity contribution in [1.82, 2.24) is 0 Å². The largest absolute Gasteiger partial charge is 0.374 e. The summed E-state index contributed by atoms with van der Waals surface area (Å²) in [6.07, 6.45) is 1.05. The molecule has 0 aliphatic rings.